The second-order valence-corrected chi connectivity index (χ2v) is 7.14. The minimum Gasteiger partial charge on any atom is -0.381 e. The van der Waals surface area contributed by atoms with Gasteiger partial charge in [-0.3, -0.25) is 4.99 Å². The second kappa shape index (κ2) is 9.48. The quantitative estimate of drug-likeness (QED) is 0.422. The maximum Gasteiger partial charge on any atom is 0.193 e. The van der Waals surface area contributed by atoms with Gasteiger partial charge in [0.15, 0.2) is 5.96 Å². The second-order valence-electron chi connectivity index (χ2n) is 7.14. The molecule has 0 aliphatic carbocycles. The van der Waals surface area contributed by atoms with E-state index in [0.29, 0.717) is 5.41 Å². The third-order valence-corrected chi connectivity index (χ3v) is 5.15. The van der Waals surface area contributed by atoms with Gasteiger partial charge in [-0.2, -0.15) is 0 Å². The Morgan fingerprint density at radius 3 is 2.61 bits per heavy atom. The number of nitrogens with one attached hydrogen (secondary N) is 1. The van der Waals surface area contributed by atoms with E-state index in [2.05, 4.69) is 34.0 Å². The van der Waals surface area contributed by atoms with Crippen molar-refractivity contribution >= 4 is 5.96 Å². The summed E-state index contributed by atoms with van der Waals surface area (Å²) in [6, 6.07) is 0. The summed E-state index contributed by atoms with van der Waals surface area (Å²) in [5, 5.41) is 3.57. The average Bonchev–Trinajstić information content (AvgIpc) is 3.18. The number of nitrogens with zero attached hydrogens (tertiary/aromatic N) is 3. The number of ether oxygens (including phenoxy) is 1. The minimum atomic E-state index is 0.399. The zero-order chi connectivity index (χ0) is 16.5. The summed E-state index contributed by atoms with van der Waals surface area (Å²) >= 11 is 0. The van der Waals surface area contributed by atoms with Crippen molar-refractivity contribution in [3.05, 3.63) is 0 Å². The first kappa shape index (κ1) is 18.5. The fourth-order valence-electron chi connectivity index (χ4n) is 3.89. The summed E-state index contributed by atoms with van der Waals surface area (Å²) in [7, 11) is 1.90. The van der Waals surface area contributed by atoms with E-state index in [4.69, 9.17) is 4.74 Å². The lowest BCUT2D eigenvalue weighted by atomic mass is 9.87. The van der Waals surface area contributed by atoms with E-state index < -0.39 is 0 Å². The molecule has 2 fully saturated rings. The normalized spacial score (nSPS) is 25.0. The predicted octanol–water partition coefficient (Wildman–Crippen LogP) is 2.19. The third kappa shape index (κ3) is 5.35. The Labute approximate surface area is 142 Å². The molecule has 2 heterocycles. The first-order valence-corrected chi connectivity index (χ1v) is 9.48. The van der Waals surface area contributed by atoms with E-state index in [1.54, 1.807) is 0 Å². The molecule has 0 radical (unpaired) electrons. The van der Waals surface area contributed by atoms with Crippen LogP contribution in [0, 0.1) is 5.41 Å². The van der Waals surface area contributed by atoms with Gasteiger partial charge in [0.25, 0.3) is 0 Å². The van der Waals surface area contributed by atoms with Crippen molar-refractivity contribution < 1.29 is 4.74 Å². The van der Waals surface area contributed by atoms with Gasteiger partial charge in [0.2, 0.25) is 0 Å². The summed E-state index contributed by atoms with van der Waals surface area (Å²) in [6.45, 7) is 13.2. The van der Waals surface area contributed by atoms with Gasteiger partial charge in [-0.15, -0.1) is 0 Å². The van der Waals surface area contributed by atoms with Gasteiger partial charge in [0, 0.05) is 38.7 Å². The number of guanidine groups is 1. The number of hydrogen-bond acceptors (Lipinski definition) is 3. The van der Waals surface area contributed by atoms with Crippen LogP contribution in [-0.2, 0) is 4.74 Å². The number of hydrogen-bond donors (Lipinski definition) is 1. The molecule has 0 aromatic heterocycles. The highest BCUT2D eigenvalue weighted by atomic mass is 16.5. The van der Waals surface area contributed by atoms with Crippen LogP contribution in [0.3, 0.4) is 0 Å². The zero-order valence-corrected chi connectivity index (χ0v) is 15.4. The van der Waals surface area contributed by atoms with Crippen molar-refractivity contribution in [3.63, 3.8) is 0 Å². The van der Waals surface area contributed by atoms with E-state index in [1.807, 2.05) is 7.05 Å². The van der Waals surface area contributed by atoms with Crippen molar-refractivity contribution in [2.45, 2.75) is 46.0 Å². The third-order valence-electron chi connectivity index (χ3n) is 5.15. The predicted molar refractivity (Wildman–Crippen MR) is 97.1 cm³/mol. The molecule has 134 valence electrons. The molecule has 23 heavy (non-hydrogen) atoms. The molecule has 2 aliphatic rings. The first-order valence-electron chi connectivity index (χ1n) is 9.48. The lowest BCUT2D eigenvalue weighted by Crippen LogP contribution is -2.42. The fourth-order valence-corrected chi connectivity index (χ4v) is 3.89. The molecule has 1 N–H and O–H groups in total. The average molecular weight is 325 g/mol. The molecule has 0 amide bonds. The molecule has 2 saturated heterocycles. The summed E-state index contributed by atoms with van der Waals surface area (Å²) in [5.41, 5.74) is 0.399. The summed E-state index contributed by atoms with van der Waals surface area (Å²) in [6.07, 6.45) is 6.12. The monoisotopic (exact) mass is 324 g/mol. The topological polar surface area (TPSA) is 40.1 Å². The Morgan fingerprint density at radius 2 is 2.00 bits per heavy atom. The molecular weight excluding hydrogens is 288 g/mol. The van der Waals surface area contributed by atoms with Crippen LogP contribution < -0.4 is 5.32 Å². The van der Waals surface area contributed by atoms with Gasteiger partial charge in [0.1, 0.15) is 0 Å². The maximum absolute atomic E-state index is 5.62. The van der Waals surface area contributed by atoms with Crippen LogP contribution in [-0.4, -0.2) is 75.3 Å². The van der Waals surface area contributed by atoms with Crippen LogP contribution in [0.1, 0.15) is 46.0 Å². The molecule has 1 unspecified atom stereocenters. The SMILES string of the molecule is CCCN(CCC)CCCNC(=NC)N1CCC2(CCOC2)C1. The Bertz CT molecular complexity index is 360. The molecule has 1 atom stereocenters. The Kier molecular flexibility index (Phi) is 7.63. The van der Waals surface area contributed by atoms with E-state index in [1.165, 1.54) is 51.7 Å². The van der Waals surface area contributed by atoms with Crippen molar-refractivity contribution in [1.82, 2.24) is 15.1 Å². The van der Waals surface area contributed by atoms with Crippen LogP contribution in [0.2, 0.25) is 0 Å². The molecule has 0 bridgehead atoms. The van der Waals surface area contributed by atoms with Crippen LogP contribution in [0.15, 0.2) is 4.99 Å². The Balaban J connectivity index is 1.69. The lowest BCUT2D eigenvalue weighted by Gasteiger charge is -2.25. The molecule has 0 aromatic rings. The maximum atomic E-state index is 5.62. The van der Waals surface area contributed by atoms with E-state index >= 15 is 0 Å². The van der Waals surface area contributed by atoms with Crippen molar-refractivity contribution in [2.24, 2.45) is 10.4 Å². The van der Waals surface area contributed by atoms with Crippen LogP contribution >= 0.6 is 0 Å². The highest BCUT2D eigenvalue weighted by Gasteiger charge is 2.42. The van der Waals surface area contributed by atoms with Crippen molar-refractivity contribution in [3.8, 4) is 0 Å². The number of aliphatic imine (C=N–C) groups is 1. The number of likely N-dealkylation sites (tertiary alicyclic amines) is 1. The molecule has 2 aliphatic heterocycles. The smallest absolute Gasteiger partial charge is 0.193 e. The summed E-state index contributed by atoms with van der Waals surface area (Å²) < 4.78 is 5.62. The van der Waals surface area contributed by atoms with Crippen LogP contribution in [0.5, 0.6) is 0 Å². The van der Waals surface area contributed by atoms with E-state index in [-0.39, 0.29) is 0 Å². The molecule has 5 heteroatoms. The molecule has 5 nitrogen and oxygen atoms in total. The minimum absolute atomic E-state index is 0.399. The van der Waals surface area contributed by atoms with Gasteiger partial charge >= 0.3 is 0 Å². The van der Waals surface area contributed by atoms with Gasteiger partial charge in [-0.1, -0.05) is 13.8 Å². The van der Waals surface area contributed by atoms with Crippen LogP contribution in [0.4, 0.5) is 0 Å². The molecule has 2 rings (SSSR count). The molecule has 1 spiro atoms. The van der Waals surface area contributed by atoms with Gasteiger partial charge in [-0.05, 0) is 51.7 Å². The molecular formula is C18H36N4O. The Hall–Kier alpha value is -0.810. The largest absolute Gasteiger partial charge is 0.381 e. The van der Waals surface area contributed by atoms with E-state index in [0.717, 1.165) is 38.8 Å². The van der Waals surface area contributed by atoms with E-state index in [9.17, 15) is 0 Å². The molecule has 0 saturated carbocycles. The Morgan fingerprint density at radius 1 is 1.22 bits per heavy atom. The fraction of sp³-hybridized carbons (Fsp3) is 0.944. The van der Waals surface area contributed by atoms with Crippen molar-refractivity contribution in [2.75, 3.05) is 59.5 Å². The molecule has 0 aromatic carbocycles. The first-order chi connectivity index (χ1) is 11.2. The highest BCUT2D eigenvalue weighted by molar-refractivity contribution is 5.80. The standard InChI is InChI=1S/C18H36N4O/c1-4-10-21(11-5-2)12-6-9-20-17(19-3)22-13-7-18(15-22)8-14-23-16-18/h4-16H2,1-3H3,(H,19,20). The van der Waals surface area contributed by atoms with Gasteiger partial charge < -0.3 is 19.9 Å². The number of rotatable bonds is 8. The highest BCUT2D eigenvalue weighted by Crippen LogP contribution is 2.38. The van der Waals surface area contributed by atoms with Gasteiger partial charge in [0.05, 0.1) is 6.61 Å². The van der Waals surface area contributed by atoms with Crippen molar-refractivity contribution in [1.29, 1.82) is 0 Å². The zero-order valence-electron chi connectivity index (χ0n) is 15.4. The van der Waals surface area contributed by atoms with Crippen LogP contribution in [0.25, 0.3) is 0 Å². The lowest BCUT2D eigenvalue weighted by molar-refractivity contribution is 0.156. The van der Waals surface area contributed by atoms with Gasteiger partial charge in [-0.25, -0.2) is 0 Å². The summed E-state index contributed by atoms with van der Waals surface area (Å²) in [4.78, 5) is 9.49. The summed E-state index contributed by atoms with van der Waals surface area (Å²) in [5.74, 6) is 1.08.